The highest BCUT2D eigenvalue weighted by Gasteiger charge is 2.34. The van der Waals surface area contributed by atoms with Crippen molar-refractivity contribution in [1.29, 1.82) is 0 Å². The minimum absolute atomic E-state index is 0.285. The van der Waals surface area contributed by atoms with Gasteiger partial charge in [-0.3, -0.25) is 14.5 Å². The number of amides is 1. The van der Waals surface area contributed by atoms with Gasteiger partial charge in [0.05, 0.1) is 0 Å². The molecule has 27 heavy (non-hydrogen) atoms. The van der Waals surface area contributed by atoms with Gasteiger partial charge in [-0.25, -0.2) is 0 Å². The third-order valence-corrected chi connectivity index (χ3v) is 4.32. The van der Waals surface area contributed by atoms with Crippen LogP contribution in [0.3, 0.4) is 0 Å². The molecule has 1 amide bonds. The number of nitrogens with zero attached hydrogens (tertiary/aromatic N) is 3. The van der Waals surface area contributed by atoms with E-state index in [9.17, 15) is 4.79 Å². The number of rotatable bonds is 5. The second-order valence-corrected chi connectivity index (χ2v) is 6.33. The Morgan fingerprint density at radius 2 is 1.89 bits per heavy atom. The van der Waals surface area contributed by atoms with Crippen LogP contribution in [-0.4, -0.2) is 32.9 Å². The number of anilines is 1. The first-order chi connectivity index (χ1) is 13.2. The molecule has 1 aliphatic rings. The highest BCUT2D eigenvalue weighted by Crippen LogP contribution is 2.33. The second-order valence-electron chi connectivity index (χ2n) is 6.33. The van der Waals surface area contributed by atoms with Crippen molar-refractivity contribution in [2.75, 3.05) is 5.32 Å². The molecular weight excluding hydrogens is 344 g/mol. The zero-order valence-corrected chi connectivity index (χ0v) is 14.9. The van der Waals surface area contributed by atoms with Crippen LogP contribution in [0.1, 0.15) is 12.6 Å². The molecule has 2 atom stereocenters. The van der Waals surface area contributed by atoms with E-state index >= 15 is 0 Å². The van der Waals surface area contributed by atoms with Crippen molar-refractivity contribution in [3.05, 3.63) is 66.6 Å². The minimum Gasteiger partial charge on any atom is -0.482 e. The molecule has 0 unspecified atom stereocenters. The number of carbonyl (C=O) groups is 1. The summed E-state index contributed by atoms with van der Waals surface area (Å²) in [6, 6.07) is 14.9. The number of hydrogen-bond donors (Lipinski definition) is 1. The lowest BCUT2D eigenvalue weighted by Gasteiger charge is -2.30. The number of pyridine rings is 1. The third-order valence-electron chi connectivity index (χ3n) is 4.32. The molecule has 2 aromatic heterocycles. The highest BCUT2D eigenvalue weighted by molar-refractivity contribution is 5.94. The van der Waals surface area contributed by atoms with Crippen LogP contribution >= 0.6 is 0 Å². The van der Waals surface area contributed by atoms with Crippen LogP contribution in [0.25, 0.3) is 0 Å². The van der Waals surface area contributed by atoms with Gasteiger partial charge in [-0.2, -0.15) is 5.10 Å². The fourth-order valence-electron chi connectivity index (χ4n) is 2.93. The lowest BCUT2D eigenvalue weighted by Crippen LogP contribution is -2.46. The monoisotopic (exact) mass is 364 g/mol. The number of aryl methyl sites for hydroxylation is 2. The Balaban J connectivity index is 1.37. The molecule has 138 valence electrons. The molecule has 1 N–H and O–H groups in total. The molecule has 0 aliphatic carbocycles. The Morgan fingerprint density at radius 3 is 2.67 bits per heavy atom. The van der Waals surface area contributed by atoms with Crippen LogP contribution in [0.5, 0.6) is 11.5 Å². The van der Waals surface area contributed by atoms with Gasteiger partial charge in [0.1, 0.15) is 6.10 Å². The number of fused-ring (bicyclic) bond motifs is 1. The maximum atomic E-state index is 12.6. The largest absolute Gasteiger partial charge is 0.482 e. The summed E-state index contributed by atoms with van der Waals surface area (Å²) < 4.78 is 13.4. The summed E-state index contributed by atoms with van der Waals surface area (Å²) in [5.74, 6) is 1.41. The summed E-state index contributed by atoms with van der Waals surface area (Å²) >= 11 is 0. The molecule has 0 radical (unpaired) electrons. The SMILES string of the molecule is C[C@@H]1Oc2ccccc2O[C@@H]1C(=O)Nc1ccn(CCc2ccccn2)n1. The molecule has 4 rings (SSSR count). The number of ether oxygens (including phenoxy) is 2. The van der Waals surface area contributed by atoms with E-state index in [0.717, 1.165) is 12.1 Å². The van der Waals surface area contributed by atoms with Crippen LogP contribution in [0.4, 0.5) is 5.82 Å². The summed E-state index contributed by atoms with van der Waals surface area (Å²) in [4.78, 5) is 16.9. The maximum Gasteiger partial charge on any atom is 0.270 e. The number of hydrogen-bond acceptors (Lipinski definition) is 5. The van der Waals surface area contributed by atoms with Gasteiger partial charge in [-0.1, -0.05) is 18.2 Å². The Morgan fingerprint density at radius 1 is 1.11 bits per heavy atom. The molecule has 7 nitrogen and oxygen atoms in total. The molecule has 3 heterocycles. The van der Waals surface area contributed by atoms with E-state index in [1.54, 1.807) is 23.0 Å². The molecule has 7 heteroatoms. The van der Waals surface area contributed by atoms with E-state index in [2.05, 4.69) is 15.4 Å². The first-order valence-corrected chi connectivity index (χ1v) is 8.85. The summed E-state index contributed by atoms with van der Waals surface area (Å²) in [6.45, 7) is 2.49. The number of para-hydroxylation sites is 2. The molecule has 1 aromatic carbocycles. The first kappa shape index (κ1) is 17.1. The lowest BCUT2D eigenvalue weighted by atomic mass is 10.1. The predicted molar refractivity (Wildman–Crippen MR) is 99.7 cm³/mol. The number of benzene rings is 1. The molecule has 0 saturated heterocycles. The zero-order valence-electron chi connectivity index (χ0n) is 14.9. The molecule has 3 aromatic rings. The van der Waals surface area contributed by atoms with Crippen LogP contribution in [-0.2, 0) is 17.8 Å². The fraction of sp³-hybridized carbons (Fsp3) is 0.250. The number of carbonyl (C=O) groups excluding carboxylic acids is 1. The van der Waals surface area contributed by atoms with E-state index in [1.165, 1.54) is 0 Å². The number of aromatic nitrogens is 3. The van der Waals surface area contributed by atoms with Crippen molar-refractivity contribution >= 4 is 11.7 Å². The third kappa shape index (κ3) is 3.92. The topological polar surface area (TPSA) is 78.3 Å². The van der Waals surface area contributed by atoms with Crippen molar-refractivity contribution in [3.63, 3.8) is 0 Å². The number of nitrogens with one attached hydrogen (secondary N) is 1. The molecular formula is C20H20N4O3. The smallest absolute Gasteiger partial charge is 0.270 e. The molecule has 0 saturated carbocycles. The first-order valence-electron chi connectivity index (χ1n) is 8.85. The summed E-state index contributed by atoms with van der Waals surface area (Å²) in [7, 11) is 0. The van der Waals surface area contributed by atoms with Crippen LogP contribution < -0.4 is 14.8 Å². The van der Waals surface area contributed by atoms with Gasteiger partial charge in [-0.05, 0) is 31.2 Å². The van der Waals surface area contributed by atoms with Crippen LogP contribution in [0.15, 0.2) is 60.9 Å². The van der Waals surface area contributed by atoms with Gasteiger partial charge in [0.15, 0.2) is 17.3 Å². The van der Waals surface area contributed by atoms with E-state index in [4.69, 9.17) is 9.47 Å². The van der Waals surface area contributed by atoms with Gasteiger partial charge in [0.2, 0.25) is 6.10 Å². The van der Waals surface area contributed by atoms with Gasteiger partial charge in [0, 0.05) is 37.1 Å². The lowest BCUT2D eigenvalue weighted by molar-refractivity contribution is -0.128. The van der Waals surface area contributed by atoms with Gasteiger partial charge in [0.25, 0.3) is 5.91 Å². The van der Waals surface area contributed by atoms with E-state index in [1.807, 2.05) is 49.5 Å². The van der Waals surface area contributed by atoms with Crippen LogP contribution in [0.2, 0.25) is 0 Å². The Labute approximate surface area is 156 Å². The summed E-state index contributed by atoms with van der Waals surface area (Å²) in [5, 5.41) is 7.19. The van der Waals surface area contributed by atoms with Gasteiger partial charge >= 0.3 is 0 Å². The van der Waals surface area contributed by atoms with Gasteiger partial charge < -0.3 is 14.8 Å². The fourth-order valence-corrected chi connectivity index (χ4v) is 2.93. The highest BCUT2D eigenvalue weighted by atomic mass is 16.6. The van der Waals surface area contributed by atoms with Crippen molar-refractivity contribution in [2.45, 2.75) is 32.1 Å². The Bertz CT molecular complexity index is 926. The van der Waals surface area contributed by atoms with E-state index in [0.29, 0.717) is 23.9 Å². The summed E-state index contributed by atoms with van der Waals surface area (Å²) in [6.07, 6.45) is 3.23. The van der Waals surface area contributed by atoms with E-state index in [-0.39, 0.29) is 5.91 Å². The Kier molecular flexibility index (Phi) is 4.74. The normalized spacial score (nSPS) is 18.1. The Hall–Kier alpha value is -3.35. The predicted octanol–water partition coefficient (Wildman–Crippen LogP) is 2.69. The molecule has 0 fully saturated rings. The van der Waals surface area contributed by atoms with Gasteiger partial charge in [-0.15, -0.1) is 0 Å². The molecule has 1 aliphatic heterocycles. The van der Waals surface area contributed by atoms with E-state index < -0.39 is 12.2 Å². The van der Waals surface area contributed by atoms with Crippen molar-refractivity contribution in [1.82, 2.24) is 14.8 Å². The van der Waals surface area contributed by atoms with Crippen molar-refractivity contribution in [3.8, 4) is 11.5 Å². The standard InChI is InChI=1S/C20H20N4O3/c1-14-19(27-17-8-3-2-7-16(17)26-14)20(25)22-18-10-13-24(23-18)12-9-15-6-4-5-11-21-15/h2-8,10-11,13-14,19H,9,12H2,1H3,(H,22,23,25)/t14-,19-/m0/s1. The zero-order chi connectivity index (χ0) is 18.6. The second kappa shape index (κ2) is 7.49. The van der Waals surface area contributed by atoms with Crippen molar-refractivity contribution < 1.29 is 14.3 Å². The summed E-state index contributed by atoms with van der Waals surface area (Å²) in [5.41, 5.74) is 0.999. The minimum atomic E-state index is -0.737. The average molecular weight is 364 g/mol. The average Bonchev–Trinajstić information content (AvgIpc) is 3.14. The van der Waals surface area contributed by atoms with Crippen molar-refractivity contribution in [2.24, 2.45) is 0 Å². The molecule has 0 bridgehead atoms. The van der Waals surface area contributed by atoms with Crippen LogP contribution in [0, 0.1) is 0 Å². The maximum absolute atomic E-state index is 12.6. The molecule has 0 spiro atoms. The quantitative estimate of drug-likeness (QED) is 0.753.